The number of nitrogens with zero attached hydrogens (tertiary/aromatic N) is 1. The molecule has 2 N–H and O–H groups in total. The van der Waals surface area contributed by atoms with Crippen molar-refractivity contribution in [1.82, 2.24) is 0 Å². The quantitative estimate of drug-likeness (QED) is 0.763. The average Bonchev–Trinajstić information content (AvgIpc) is 2.28. The van der Waals surface area contributed by atoms with E-state index in [2.05, 4.69) is 11.8 Å². The number of hydrogen-bond donors (Lipinski definition) is 1. The molecule has 17 heavy (non-hydrogen) atoms. The Labute approximate surface area is 96.8 Å². The van der Waals surface area contributed by atoms with Crippen molar-refractivity contribution in [3.8, 4) is 17.9 Å². The molecule has 0 aliphatic rings. The first-order chi connectivity index (χ1) is 7.99. The smallest absolute Gasteiger partial charge is 0.330 e. The Kier molecular flexibility index (Phi) is 4.14. The van der Waals surface area contributed by atoms with Gasteiger partial charge in [-0.05, 0) is 18.2 Å². The Morgan fingerprint density at radius 1 is 1.24 bits per heavy atom. The summed E-state index contributed by atoms with van der Waals surface area (Å²) in [5.74, 6) is 5.14. The van der Waals surface area contributed by atoms with Crippen LogP contribution in [0.25, 0.3) is 0 Å². The maximum absolute atomic E-state index is 12.4. The lowest BCUT2D eigenvalue weighted by Gasteiger charge is -2.07. The van der Waals surface area contributed by atoms with Crippen LogP contribution in [0.5, 0.6) is 0 Å². The normalized spacial score (nSPS) is 10.3. The van der Waals surface area contributed by atoms with Crippen molar-refractivity contribution in [2.75, 3.05) is 6.54 Å². The van der Waals surface area contributed by atoms with E-state index in [1.807, 2.05) is 0 Å². The van der Waals surface area contributed by atoms with Gasteiger partial charge < -0.3 is 5.73 Å². The standard InChI is InChI=1S/C12H9F3N2/c13-12(14,15)11-5-4-10(8-17)9(7-11)3-1-2-6-16/h4-5,7H,2,6,16H2. The first kappa shape index (κ1) is 13.1. The summed E-state index contributed by atoms with van der Waals surface area (Å²) in [6, 6.07) is 4.67. The fourth-order valence-corrected chi connectivity index (χ4v) is 1.15. The van der Waals surface area contributed by atoms with Gasteiger partial charge in [0.05, 0.1) is 11.1 Å². The van der Waals surface area contributed by atoms with Crippen molar-refractivity contribution in [2.45, 2.75) is 12.6 Å². The lowest BCUT2D eigenvalue weighted by molar-refractivity contribution is -0.137. The molecule has 5 heteroatoms. The van der Waals surface area contributed by atoms with E-state index in [1.165, 1.54) is 0 Å². The number of benzene rings is 1. The number of nitriles is 1. The lowest BCUT2D eigenvalue weighted by atomic mass is 10.0. The Hall–Kier alpha value is -1.98. The fourth-order valence-electron chi connectivity index (χ4n) is 1.15. The maximum atomic E-state index is 12.4. The Balaban J connectivity index is 3.19. The molecule has 0 unspecified atom stereocenters. The van der Waals surface area contributed by atoms with Crippen molar-refractivity contribution < 1.29 is 13.2 Å². The van der Waals surface area contributed by atoms with Gasteiger partial charge in [0, 0.05) is 18.5 Å². The predicted octanol–water partition coefficient (Wildman–Crippen LogP) is 2.28. The molecule has 2 nitrogen and oxygen atoms in total. The van der Waals surface area contributed by atoms with Crippen LogP contribution in [0, 0.1) is 23.2 Å². The van der Waals surface area contributed by atoms with E-state index in [9.17, 15) is 13.2 Å². The van der Waals surface area contributed by atoms with Crippen molar-refractivity contribution in [1.29, 1.82) is 5.26 Å². The van der Waals surface area contributed by atoms with Crippen LogP contribution in [0.2, 0.25) is 0 Å². The molecule has 1 aromatic carbocycles. The minimum atomic E-state index is -4.43. The van der Waals surface area contributed by atoms with Crippen LogP contribution in [0.1, 0.15) is 23.1 Å². The topological polar surface area (TPSA) is 49.8 Å². The van der Waals surface area contributed by atoms with Crippen molar-refractivity contribution in [2.24, 2.45) is 5.73 Å². The Bertz CT molecular complexity index is 501. The molecule has 88 valence electrons. The predicted molar refractivity (Wildman–Crippen MR) is 56.7 cm³/mol. The monoisotopic (exact) mass is 238 g/mol. The highest BCUT2D eigenvalue weighted by atomic mass is 19.4. The van der Waals surface area contributed by atoms with Gasteiger partial charge in [0.15, 0.2) is 0 Å². The summed E-state index contributed by atoms with van der Waals surface area (Å²) in [5.41, 5.74) is 4.61. The van der Waals surface area contributed by atoms with E-state index in [1.54, 1.807) is 6.07 Å². The molecular formula is C12H9F3N2. The molecule has 1 rings (SSSR count). The molecule has 0 saturated carbocycles. The zero-order valence-electron chi connectivity index (χ0n) is 8.80. The van der Waals surface area contributed by atoms with Crippen LogP contribution in [-0.2, 0) is 6.18 Å². The van der Waals surface area contributed by atoms with Crippen LogP contribution >= 0.6 is 0 Å². The van der Waals surface area contributed by atoms with Gasteiger partial charge in [0.1, 0.15) is 6.07 Å². The zero-order valence-corrected chi connectivity index (χ0v) is 8.80. The van der Waals surface area contributed by atoms with Gasteiger partial charge in [-0.2, -0.15) is 18.4 Å². The van der Waals surface area contributed by atoms with E-state index >= 15 is 0 Å². The van der Waals surface area contributed by atoms with Crippen molar-refractivity contribution in [3.63, 3.8) is 0 Å². The average molecular weight is 238 g/mol. The molecule has 0 aliphatic heterocycles. The first-order valence-electron chi connectivity index (χ1n) is 4.79. The molecule has 0 radical (unpaired) electrons. The second kappa shape index (κ2) is 5.38. The highest BCUT2D eigenvalue weighted by molar-refractivity contribution is 5.50. The van der Waals surface area contributed by atoms with Gasteiger partial charge in [0.2, 0.25) is 0 Å². The van der Waals surface area contributed by atoms with Crippen LogP contribution in [0.15, 0.2) is 18.2 Å². The summed E-state index contributed by atoms with van der Waals surface area (Å²) in [4.78, 5) is 0. The van der Waals surface area contributed by atoms with E-state index in [-0.39, 0.29) is 11.1 Å². The number of rotatable bonds is 1. The molecule has 0 aliphatic carbocycles. The third kappa shape index (κ3) is 3.51. The van der Waals surface area contributed by atoms with Crippen LogP contribution in [0.3, 0.4) is 0 Å². The summed E-state index contributed by atoms with van der Waals surface area (Å²) in [6.07, 6.45) is -4.06. The minimum absolute atomic E-state index is 0.0794. The molecule has 0 spiro atoms. The molecule has 1 aromatic rings. The van der Waals surface area contributed by atoms with Crippen LogP contribution in [0.4, 0.5) is 13.2 Å². The minimum Gasteiger partial charge on any atom is -0.330 e. The van der Waals surface area contributed by atoms with Crippen molar-refractivity contribution >= 4 is 0 Å². The molecule has 0 fully saturated rings. The fraction of sp³-hybridized carbons (Fsp3) is 0.250. The van der Waals surface area contributed by atoms with Crippen LogP contribution < -0.4 is 5.73 Å². The van der Waals surface area contributed by atoms with E-state index in [4.69, 9.17) is 11.0 Å². The van der Waals surface area contributed by atoms with Crippen molar-refractivity contribution in [3.05, 3.63) is 34.9 Å². The second-order valence-electron chi connectivity index (χ2n) is 3.21. The zero-order chi connectivity index (χ0) is 12.9. The summed E-state index contributed by atoms with van der Waals surface area (Å²) in [7, 11) is 0. The summed E-state index contributed by atoms with van der Waals surface area (Å²) in [6.45, 7) is 0.327. The van der Waals surface area contributed by atoms with Crippen LogP contribution in [-0.4, -0.2) is 6.54 Å². The molecule has 0 atom stereocenters. The SMILES string of the molecule is N#Cc1ccc(C(F)(F)F)cc1C#CCCN. The first-order valence-corrected chi connectivity index (χ1v) is 4.79. The highest BCUT2D eigenvalue weighted by Gasteiger charge is 2.30. The Morgan fingerprint density at radius 3 is 2.47 bits per heavy atom. The molecule has 0 bridgehead atoms. The molecule has 0 heterocycles. The molecule has 0 amide bonds. The van der Waals surface area contributed by atoms with Gasteiger partial charge in [-0.1, -0.05) is 11.8 Å². The lowest BCUT2D eigenvalue weighted by Crippen LogP contribution is -2.05. The third-order valence-corrected chi connectivity index (χ3v) is 1.96. The summed E-state index contributed by atoms with van der Waals surface area (Å²) in [5, 5.41) is 8.74. The number of alkyl halides is 3. The van der Waals surface area contributed by atoms with E-state index in [0.29, 0.717) is 13.0 Å². The van der Waals surface area contributed by atoms with E-state index < -0.39 is 11.7 Å². The maximum Gasteiger partial charge on any atom is 0.416 e. The third-order valence-electron chi connectivity index (χ3n) is 1.96. The second-order valence-corrected chi connectivity index (χ2v) is 3.21. The number of nitrogens with two attached hydrogens (primary N) is 1. The molecule has 0 saturated heterocycles. The van der Waals surface area contributed by atoms with E-state index in [0.717, 1.165) is 18.2 Å². The van der Waals surface area contributed by atoms with Gasteiger partial charge >= 0.3 is 6.18 Å². The number of hydrogen-bond acceptors (Lipinski definition) is 2. The molecule has 0 aromatic heterocycles. The van der Waals surface area contributed by atoms with Gasteiger partial charge in [-0.15, -0.1) is 0 Å². The van der Waals surface area contributed by atoms with Gasteiger partial charge in [0.25, 0.3) is 0 Å². The van der Waals surface area contributed by atoms with Gasteiger partial charge in [-0.3, -0.25) is 0 Å². The largest absolute Gasteiger partial charge is 0.416 e. The molecular weight excluding hydrogens is 229 g/mol. The summed E-state index contributed by atoms with van der Waals surface area (Å²) >= 11 is 0. The Morgan fingerprint density at radius 2 is 1.94 bits per heavy atom. The summed E-state index contributed by atoms with van der Waals surface area (Å²) < 4.78 is 37.3. The van der Waals surface area contributed by atoms with Gasteiger partial charge in [-0.25, -0.2) is 0 Å². The highest BCUT2D eigenvalue weighted by Crippen LogP contribution is 2.30. The number of halogens is 3.